The molecule has 0 aromatic carbocycles. The van der Waals surface area contributed by atoms with Crippen LogP contribution in [-0.2, 0) is 4.79 Å². The van der Waals surface area contributed by atoms with Crippen molar-refractivity contribution in [2.24, 2.45) is 16.3 Å². The first-order chi connectivity index (χ1) is 7.78. The van der Waals surface area contributed by atoms with Crippen molar-refractivity contribution in [1.82, 2.24) is 4.90 Å². The van der Waals surface area contributed by atoms with Gasteiger partial charge in [-0.3, -0.25) is 4.79 Å². The normalized spacial score (nSPS) is 12.9. The quantitative estimate of drug-likeness (QED) is 0.272. The van der Waals surface area contributed by atoms with Gasteiger partial charge in [-0.05, 0) is 34.1 Å². The van der Waals surface area contributed by atoms with E-state index in [4.69, 9.17) is 16.0 Å². The molecule has 0 spiro atoms. The summed E-state index contributed by atoms with van der Waals surface area (Å²) >= 11 is 0. The van der Waals surface area contributed by atoms with Crippen LogP contribution < -0.4 is 5.73 Å². The van der Waals surface area contributed by atoms with Crippen molar-refractivity contribution in [2.45, 2.75) is 40.2 Å². The van der Waals surface area contributed by atoms with Crippen LogP contribution in [0.25, 0.3) is 0 Å². The standard InChI is InChI=1S/C11H23N3O3/c1-8(2)14(6-5-7-15)10(16)11(3,4)9(12)13-17/h8,15,17H,5-7H2,1-4H3,(H2,12,13). The minimum absolute atomic E-state index is 0.000169. The first-order valence-corrected chi connectivity index (χ1v) is 5.69. The van der Waals surface area contributed by atoms with E-state index in [0.717, 1.165) is 0 Å². The van der Waals surface area contributed by atoms with Crippen LogP contribution in [0.4, 0.5) is 0 Å². The molecule has 0 fully saturated rings. The predicted octanol–water partition coefficient (Wildman–Crippen LogP) is 0.378. The first-order valence-electron chi connectivity index (χ1n) is 5.69. The summed E-state index contributed by atoms with van der Waals surface area (Å²) in [5.74, 6) is -0.326. The monoisotopic (exact) mass is 245 g/mol. The van der Waals surface area contributed by atoms with Crippen molar-refractivity contribution in [3.8, 4) is 0 Å². The summed E-state index contributed by atoms with van der Waals surface area (Å²) in [4.78, 5) is 13.9. The van der Waals surface area contributed by atoms with Crippen molar-refractivity contribution in [3.05, 3.63) is 0 Å². The van der Waals surface area contributed by atoms with Gasteiger partial charge in [-0.2, -0.15) is 0 Å². The average molecular weight is 245 g/mol. The smallest absolute Gasteiger partial charge is 0.236 e. The topological polar surface area (TPSA) is 99.2 Å². The fourth-order valence-corrected chi connectivity index (χ4v) is 1.43. The third kappa shape index (κ3) is 3.89. The number of amides is 1. The van der Waals surface area contributed by atoms with Gasteiger partial charge in [0.25, 0.3) is 0 Å². The summed E-state index contributed by atoms with van der Waals surface area (Å²) in [6.07, 6.45) is 0.510. The highest BCUT2D eigenvalue weighted by atomic mass is 16.4. The molecule has 0 aliphatic rings. The first kappa shape index (κ1) is 15.7. The van der Waals surface area contributed by atoms with Gasteiger partial charge in [0.05, 0.1) is 0 Å². The maximum absolute atomic E-state index is 12.3. The summed E-state index contributed by atoms with van der Waals surface area (Å²) < 4.78 is 0. The van der Waals surface area contributed by atoms with Gasteiger partial charge in [0.2, 0.25) is 5.91 Å². The summed E-state index contributed by atoms with van der Waals surface area (Å²) in [7, 11) is 0. The molecule has 100 valence electrons. The van der Waals surface area contributed by atoms with E-state index in [0.29, 0.717) is 13.0 Å². The summed E-state index contributed by atoms with van der Waals surface area (Å²) in [5.41, 5.74) is 4.47. The van der Waals surface area contributed by atoms with Crippen LogP contribution in [0, 0.1) is 5.41 Å². The fraction of sp³-hybridized carbons (Fsp3) is 0.818. The molecule has 6 nitrogen and oxygen atoms in total. The molecule has 0 atom stereocenters. The number of amidine groups is 1. The molecular weight excluding hydrogens is 222 g/mol. The van der Waals surface area contributed by atoms with Crippen LogP contribution >= 0.6 is 0 Å². The number of carbonyl (C=O) groups excluding carboxylic acids is 1. The van der Waals surface area contributed by atoms with Gasteiger partial charge in [0, 0.05) is 19.2 Å². The fourth-order valence-electron chi connectivity index (χ4n) is 1.43. The molecule has 0 aliphatic carbocycles. The van der Waals surface area contributed by atoms with Crippen molar-refractivity contribution in [3.63, 3.8) is 0 Å². The van der Waals surface area contributed by atoms with Crippen LogP contribution in [0.2, 0.25) is 0 Å². The average Bonchev–Trinajstić information content (AvgIpc) is 2.27. The number of nitrogens with zero attached hydrogens (tertiary/aromatic N) is 2. The Labute approximate surface area is 102 Å². The second kappa shape index (κ2) is 6.44. The lowest BCUT2D eigenvalue weighted by molar-refractivity contribution is -0.139. The number of aliphatic hydroxyl groups excluding tert-OH is 1. The van der Waals surface area contributed by atoms with E-state index >= 15 is 0 Å². The molecule has 17 heavy (non-hydrogen) atoms. The molecule has 0 rings (SSSR count). The minimum Gasteiger partial charge on any atom is -0.409 e. The van der Waals surface area contributed by atoms with Crippen molar-refractivity contribution >= 4 is 11.7 Å². The van der Waals surface area contributed by atoms with Gasteiger partial charge in [-0.15, -0.1) is 0 Å². The SMILES string of the molecule is CC(C)N(CCCO)C(=O)C(C)(C)C(N)=NO. The molecular formula is C11H23N3O3. The van der Waals surface area contributed by atoms with Crippen molar-refractivity contribution in [2.75, 3.05) is 13.2 Å². The Morgan fingerprint density at radius 2 is 2.00 bits per heavy atom. The summed E-state index contributed by atoms with van der Waals surface area (Å²) in [6.45, 7) is 7.47. The van der Waals surface area contributed by atoms with Gasteiger partial charge in [0.1, 0.15) is 5.41 Å². The number of oxime groups is 1. The van der Waals surface area contributed by atoms with Gasteiger partial charge in [0.15, 0.2) is 5.84 Å². The van der Waals surface area contributed by atoms with Crippen LogP contribution in [0.15, 0.2) is 5.16 Å². The Bertz CT molecular complexity index is 288. The molecule has 0 radical (unpaired) electrons. The number of hydrogen-bond donors (Lipinski definition) is 3. The number of nitrogens with two attached hydrogens (primary N) is 1. The Balaban J connectivity index is 4.95. The molecule has 6 heteroatoms. The van der Waals surface area contributed by atoms with E-state index in [-0.39, 0.29) is 24.4 Å². The van der Waals surface area contributed by atoms with E-state index in [1.54, 1.807) is 18.7 Å². The second-order valence-electron chi connectivity index (χ2n) is 4.78. The number of aliphatic hydroxyl groups is 1. The lowest BCUT2D eigenvalue weighted by Crippen LogP contribution is -2.50. The molecule has 0 bridgehead atoms. The van der Waals surface area contributed by atoms with Crippen LogP contribution in [0.3, 0.4) is 0 Å². The number of hydrogen-bond acceptors (Lipinski definition) is 4. The maximum Gasteiger partial charge on any atom is 0.236 e. The van der Waals surface area contributed by atoms with E-state index in [9.17, 15) is 4.79 Å². The number of rotatable bonds is 6. The Morgan fingerprint density at radius 1 is 1.47 bits per heavy atom. The van der Waals surface area contributed by atoms with Crippen LogP contribution in [0.5, 0.6) is 0 Å². The Hall–Kier alpha value is -1.30. The molecule has 0 aromatic heterocycles. The highest BCUT2D eigenvalue weighted by Gasteiger charge is 2.37. The third-order valence-corrected chi connectivity index (χ3v) is 2.72. The highest BCUT2D eigenvalue weighted by Crippen LogP contribution is 2.21. The molecule has 0 aliphatic heterocycles. The Morgan fingerprint density at radius 3 is 2.35 bits per heavy atom. The van der Waals surface area contributed by atoms with E-state index in [1.165, 1.54) is 0 Å². The van der Waals surface area contributed by atoms with E-state index in [1.807, 2.05) is 13.8 Å². The van der Waals surface area contributed by atoms with Gasteiger partial charge in [-0.1, -0.05) is 5.16 Å². The zero-order valence-electron chi connectivity index (χ0n) is 11.0. The zero-order chi connectivity index (χ0) is 13.6. The van der Waals surface area contributed by atoms with Crippen LogP contribution in [0.1, 0.15) is 34.1 Å². The van der Waals surface area contributed by atoms with Crippen LogP contribution in [-0.4, -0.2) is 46.1 Å². The molecule has 4 N–H and O–H groups in total. The van der Waals surface area contributed by atoms with Crippen molar-refractivity contribution < 1.29 is 15.1 Å². The molecule has 0 aromatic rings. The van der Waals surface area contributed by atoms with Crippen molar-refractivity contribution in [1.29, 1.82) is 0 Å². The maximum atomic E-state index is 12.3. The highest BCUT2D eigenvalue weighted by molar-refractivity contribution is 6.05. The van der Waals surface area contributed by atoms with Gasteiger partial charge in [-0.25, -0.2) is 0 Å². The van der Waals surface area contributed by atoms with E-state index in [2.05, 4.69) is 5.16 Å². The molecule has 0 saturated carbocycles. The zero-order valence-corrected chi connectivity index (χ0v) is 11.0. The summed E-state index contributed by atoms with van der Waals surface area (Å²) in [6, 6.07) is -0.000169. The molecule has 0 saturated heterocycles. The van der Waals surface area contributed by atoms with E-state index < -0.39 is 5.41 Å². The third-order valence-electron chi connectivity index (χ3n) is 2.72. The summed E-state index contributed by atoms with van der Waals surface area (Å²) in [5, 5.41) is 20.4. The van der Waals surface area contributed by atoms with Gasteiger partial charge < -0.3 is 20.9 Å². The lowest BCUT2D eigenvalue weighted by atomic mass is 9.89. The largest absolute Gasteiger partial charge is 0.409 e. The predicted molar refractivity (Wildman–Crippen MR) is 65.7 cm³/mol. The molecule has 0 unspecified atom stereocenters. The number of carbonyl (C=O) groups is 1. The molecule has 1 amide bonds. The van der Waals surface area contributed by atoms with Gasteiger partial charge >= 0.3 is 0 Å². The Kier molecular flexibility index (Phi) is 5.95. The molecule has 0 heterocycles. The second-order valence-corrected chi connectivity index (χ2v) is 4.78. The lowest BCUT2D eigenvalue weighted by Gasteiger charge is -2.33. The minimum atomic E-state index is -1.05.